The normalized spacial score (nSPS) is 15.6. The molecule has 0 amide bonds. The molecule has 3 rings (SSSR count). The van der Waals surface area contributed by atoms with Crippen LogP contribution in [0.3, 0.4) is 0 Å². The molecule has 9 heteroatoms. The van der Waals surface area contributed by atoms with Crippen LogP contribution in [0.1, 0.15) is 6.92 Å². The highest BCUT2D eigenvalue weighted by Gasteiger charge is 2.18. The van der Waals surface area contributed by atoms with Crippen molar-refractivity contribution < 1.29 is 9.32 Å². The molecule has 0 atom stereocenters. The van der Waals surface area contributed by atoms with Crippen molar-refractivity contribution in [2.24, 2.45) is 0 Å². The maximum absolute atomic E-state index is 11.0. The SMILES string of the molecule is CC(=O)Cn1nnc(-c2cc(N3CCNCC3)no2)n1. The molecule has 3 heterocycles. The first-order chi connectivity index (χ1) is 9.72. The summed E-state index contributed by atoms with van der Waals surface area (Å²) < 4.78 is 5.25. The van der Waals surface area contributed by atoms with Crippen LogP contribution in [0.5, 0.6) is 0 Å². The van der Waals surface area contributed by atoms with E-state index in [1.54, 1.807) is 6.07 Å². The summed E-state index contributed by atoms with van der Waals surface area (Å²) in [5, 5.41) is 19.0. The topological polar surface area (TPSA) is 102 Å². The minimum atomic E-state index is -0.0342. The fourth-order valence-electron chi connectivity index (χ4n) is 2.02. The second-order valence-corrected chi connectivity index (χ2v) is 4.63. The standard InChI is InChI=1S/C11H15N7O2/c1-8(19)7-18-14-11(13-16-18)9-6-10(15-20-9)17-4-2-12-3-5-17/h6,12H,2-5,7H2,1H3. The van der Waals surface area contributed by atoms with E-state index in [-0.39, 0.29) is 12.3 Å². The van der Waals surface area contributed by atoms with Crippen LogP contribution in [0.2, 0.25) is 0 Å². The number of nitrogens with one attached hydrogen (secondary N) is 1. The van der Waals surface area contributed by atoms with E-state index in [1.807, 2.05) is 0 Å². The van der Waals surface area contributed by atoms with Crippen LogP contribution >= 0.6 is 0 Å². The van der Waals surface area contributed by atoms with Crippen LogP contribution < -0.4 is 10.2 Å². The number of aromatic nitrogens is 5. The predicted molar refractivity (Wildman–Crippen MR) is 69.1 cm³/mol. The molecule has 0 unspecified atom stereocenters. The zero-order valence-corrected chi connectivity index (χ0v) is 11.1. The Balaban J connectivity index is 1.75. The van der Waals surface area contributed by atoms with Gasteiger partial charge in [-0.2, -0.15) is 4.80 Å². The van der Waals surface area contributed by atoms with Gasteiger partial charge in [0.15, 0.2) is 11.6 Å². The average molecular weight is 277 g/mol. The first-order valence-corrected chi connectivity index (χ1v) is 6.42. The number of nitrogens with zero attached hydrogens (tertiary/aromatic N) is 6. The van der Waals surface area contributed by atoms with Crippen LogP contribution in [0, 0.1) is 0 Å². The highest BCUT2D eigenvalue weighted by Crippen LogP contribution is 2.21. The van der Waals surface area contributed by atoms with Crippen molar-refractivity contribution in [3.05, 3.63) is 6.07 Å². The molecule has 0 radical (unpaired) electrons. The van der Waals surface area contributed by atoms with Crippen molar-refractivity contribution in [1.29, 1.82) is 0 Å². The molecule has 2 aromatic heterocycles. The Bertz CT molecular complexity index is 599. The molecule has 1 fully saturated rings. The molecule has 1 aliphatic heterocycles. The molecule has 0 spiro atoms. The van der Waals surface area contributed by atoms with Crippen LogP contribution in [-0.2, 0) is 11.3 Å². The predicted octanol–water partition coefficient (Wildman–Crippen LogP) is -0.673. The maximum atomic E-state index is 11.0. The van der Waals surface area contributed by atoms with Gasteiger partial charge in [-0.05, 0) is 12.1 Å². The van der Waals surface area contributed by atoms with E-state index in [1.165, 1.54) is 11.7 Å². The number of carbonyl (C=O) groups excluding carboxylic acids is 1. The number of Topliss-reactive ketones (excluding diaryl/α,β-unsaturated/α-hetero) is 1. The zero-order valence-electron chi connectivity index (χ0n) is 11.1. The van der Waals surface area contributed by atoms with Crippen molar-refractivity contribution in [3.63, 3.8) is 0 Å². The minimum Gasteiger partial charge on any atom is -0.351 e. The fraction of sp³-hybridized carbons (Fsp3) is 0.545. The Kier molecular flexibility index (Phi) is 3.42. The second-order valence-electron chi connectivity index (χ2n) is 4.63. The first-order valence-electron chi connectivity index (χ1n) is 6.42. The van der Waals surface area contributed by atoms with Crippen LogP contribution in [0.15, 0.2) is 10.6 Å². The molecule has 1 saturated heterocycles. The number of hydrogen-bond donors (Lipinski definition) is 1. The number of ketones is 1. The van der Waals surface area contributed by atoms with Gasteiger partial charge >= 0.3 is 0 Å². The lowest BCUT2D eigenvalue weighted by molar-refractivity contribution is -0.117. The number of hydrogen-bond acceptors (Lipinski definition) is 8. The van der Waals surface area contributed by atoms with E-state index in [9.17, 15) is 4.79 Å². The van der Waals surface area contributed by atoms with Crippen molar-refractivity contribution in [1.82, 2.24) is 30.7 Å². The highest BCUT2D eigenvalue weighted by molar-refractivity contribution is 5.75. The Morgan fingerprint density at radius 3 is 3.00 bits per heavy atom. The third-order valence-electron chi connectivity index (χ3n) is 2.98. The first kappa shape index (κ1) is 12.7. The summed E-state index contributed by atoms with van der Waals surface area (Å²) in [4.78, 5) is 14.4. The average Bonchev–Trinajstić information content (AvgIpc) is 3.07. The summed E-state index contributed by atoms with van der Waals surface area (Å²) in [6, 6.07) is 1.79. The molecule has 9 nitrogen and oxygen atoms in total. The third kappa shape index (κ3) is 2.67. The molecule has 20 heavy (non-hydrogen) atoms. The molecule has 0 bridgehead atoms. The van der Waals surface area contributed by atoms with Gasteiger partial charge < -0.3 is 14.7 Å². The van der Waals surface area contributed by atoms with E-state index in [2.05, 4.69) is 30.8 Å². The van der Waals surface area contributed by atoms with Gasteiger partial charge in [0.05, 0.1) is 0 Å². The molecular formula is C11H15N7O2. The Morgan fingerprint density at radius 1 is 1.45 bits per heavy atom. The largest absolute Gasteiger partial charge is 0.351 e. The van der Waals surface area contributed by atoms with E-state index >= 15 is 0 Å². The summed E-state index contributed by atoms with van der Waals surface area (Å²) in [5.41, 5.74) is 0. The van der Waals surface area contributed by atoms with Gasteiger partial charge in [0.2, 0.25) is 11.6 Å². The molecular weight excluding hydrogens is 262 g/mol. The molecule has 0 saturated carbocycles. The molecule has 0 aromatic carbocycles. The summed E-state index contributed by atoms with van der Waals surface area (Å²) >= 11 is 0. The number of anilines is 1. The van der Waals surface area contributed by atoms with Crippen LogP contribution in [-0.4, -0.2) is 57.3 Å². The Morgan fingerprint density at radius 2 is 2.25 bits per heavy atom. The van der Waals surface area contributed by atoms with Gasteiger partial charge in [-0.25, -0.2) is 0 Å². The van der Waals surface area contributed by atoms with Gasteiger partial charge in [0, 0.05) is 32.2 Å². The molecule has 1 aliphatic rings. The van der Waals surface area contributed by atoms with E-state index < -0.39 is 0 Å². The van der Waals surface area contributed by atoms with Gasteiger partial charge in [-0.15, -0.1) is 10.2 Å². The van der Waals surface area contributed by atoms with Gasteiger partial charge in [0.25, 0.3) is 0 Å². The van der Waals surface area contributed by atoms with E-state index in [4.69, 9.17) is 4.52 Å². The molecule has 2 aromatic rings. The van der Waals surface area contributed by atoms with Crippen molar-refractivity contribution >= 4 is 11.6 Å². The van der Waals surface area contributed by atoms with Gasteiger partial charge in [-0.3, -0.25) is 4.79 Å². The van der Waals surface area contributed by atoms with E-state index in [0.29, 0.717) is 11.6 Å². The van der Waals surface area contributed by atoms with Crippen molar-refractivity contribution in [3.8, 4) is 11.6 Å². The van der Waals surface area contributed by atoms with Crippen LogP contribution in [0.4, 0.5) is 5.82 Å². The van der Waals surface area contributed by atoms with Crippen LogP contribution in [0.25, 0.3) is 11.6 Å². The lowest BCUT2D eigenvalue weighted by atomic mass is 10.3. The smallest absolute Gasteiger partial charge is 0.243 e. The summed E-state index contributed by atoms with van der Waals surface area (Å²) in [5.74, 6) is 1.52. The Labute approximate surface area is 114 Å². The summed E-state index contributed by atoms with van der Waals surface area (Å²) in [6.45, 7) is 5.20. The van der Waals surface area contributed by atoms with Crippen molar-refractivity contribution in [2.45, 2.75) is 13.5 Å². The highest BCUT2D eigenvalue weighted by atomic mass is 16.5. The number of carbonyl (C=O) groups is 1. The number of rotatable bonds is 4. The minimum absolute atomic E-state index is 0.0342. The van der Waals surface area contributed by atoms with E-state index in [0.717, 1.165) is 32.0 Å². The fourth-order valence-corrected chi connectivity index (χ4v) is 2.02. The summed E-state index contributed by atoms with van der Waals surface area (Å²) in [6.07, 6.45) is 0. The Hall–Kier alpha value is -2.29. The van der Waals surface area contributed by atoms with Gasteiger partial charge in [-0.1, -0.05) is 5.16 Å². The van der Waals surface area contributed by atoms with Crippen molar-refractivity contribution in [2.75, 3.05) is 31.1 Å². The molecule has 0 aliphatic carbocycles. The second kappa shape index (κ2) is 5.37. The summed E-state index contributed by atoms with van der Waals surface area (Å²) in [7, 11) is 0. The zero-order chi connectivity index (χ0) is 13.9. The quantitative estimate of drug-likeness (QED) is 0.784. The number of piperazine rings is 1. The molecule has 1 N–H and O–H groups in total. The molecule has 106 valence electrons. The third-order valence-corrected chi connectivity index (χ3v) is 2.98. The van der Waals surface area contributed by atoms with Gasteiger partial charge in [0.1, 0.15) is 6.54 Å². The lowest BCUT2D eigenvalue weighted by Crippen LogP contribution is -2.43. The maximum Gasteiger partial charge on any atom is 0.243 e. The lowest BCUT2D eigenvalue weighted by Gasteiger charge is -2.26. The number of tetrazole rings is 1. The monoisotopic (exact) mass is 277 g/mol.